The van der Waals surface area contributed by atoms with Gasteiger partial charge >= 0.3 is 0 Å². The fourth-order valence-electron chi connectivity index (χ4n) is 3.03. The Bertz CT molecular complexity index is 533. The number of amides is 1. The van der Waals surface area contributed by atoms with E-state index in [0.29, 0.717) is 18.6 Å². The highest BCUT2D eigenvalue weighted by atomic mass is 16.5. The Labute approximate surface area is 138 Å². The minimum absolute atomic E-state index is 0.128. The monoisotopic (exact) mass is 317 g/mol. The van der Waals surface area contributed by atoms with Gasteiger partial charge in [-0.25, -0.2) is 0 Å². The summed E-state index contributed by atoms with van der Waals surface area (Å²) in [5, 5.41) is 0. The molecule has 1 saturated heterocycles. The van der Waals surface area contributed by atoms with Crippen molar-refractivity contribution in [2.75, 3.05) is 19.8 Å². The zero-order valence-electron chi connectivity index (χ0n) is 14.2. The standard InChI is InChI=1S/C19H27NO3/c1-14(2)12-20(16-8-9-16)19(21)15-5-3-6-17(11-15)23-13-18-7-4-10-22-18/h3,5-6,11,14,16,18H,4,7-10,12-13H2,1-2H3. The third kappa shape index (κ3) is 4.47. The van der Waals surface area contributed by atoms with E-state index in [0.717, 1.165) is 50.1 Å². The average Bonchev–Trinajstić information content (AvgIpc) is 3.25. The normalized spacial score (nSPS) is 20.7. The molecule has 1 aromatic rings. The van der Waals surface area contributed by atoms with Gasteiger partial charge in [-0.05, 0) is 49.8 Å². The minimum atomic E-state index is 0.128. The number of nitrogens with zero attached hydrogens (tertiary/aromatic N) is 1. The van der Waals surface area contributed by atoms with E-state index < -0.39 is 0 Å². The second-order valence-electron chi connectivity index (χ2n) is 7.06. The van der Waals surface area contributed by atoms with Crippen molar-refractivity contribution in [1.82, 2.24) is 4.90 Å². The van der Waals surface area contributed by atoms with Crippen molar-refractivity contribution in [3.63, 3.8) is 0 Å². The van der Waals surface area contributed by atoms with Gasteiger partial charge in [0.1, 0.15) is 12.4 Å². The van der Waals surface area contributed by atoms with E-state index in [1.807, 2.05) is 29.2 Å². The van der Waals surface area contributed by atoms with Gasteiger partial charge in [0.25, 0.3) is 5.91 Å². The summed E-state index contributed by atoms with van der Waals surface area (Å²) in [6.45, 7) is 6.53. The lowest BCUT2D eigenvalue weighted by Gasteiger charge is -2.24. The third-order valence-electron chi connectivity index (χ3n) is 4.35. The molecule has 0 radical (unpaired) electrons. The molecule has 4 nitrogen and oxygen atoms in total. The van der Waals surface area contributed by atoms with Crippen LogP contribution in [0.3, 0.4) is 0 Å². The molecule has 0 aromatic heterocycles. The highest BCUT2D eigenvalue weighted by Gasteiger charge is 2.33. The Hall–Kier alpha value is -1.55. The molecule has 2 fully saturated rings. The van der Waals surface area contributed by atoms with Crippen molar-refractivity contribution in [1.29, 1.82) is 0 Å². The van der Waals surface area contributed by atoms with Gasteiger partial charge in [0, 0.05) is 24.8 Å². The molecule has 0 bridgehead atoms. The van der Waals surface area contributed by atoms with Crippen LogP contribution in [0.25, 0.3) is 0 Å². The van der Waals surface area contributed by atoms with Crippen LogP contribution in [0.15, 0.2) is 24.3 Å². The molecule has 126 valence electrons. The summed E-state index contributed by atoms with van der Waals surface area (Å²) >= 11 is 0. The highest BCUT2D eigenvalue weighted by molar-refractivity contribution is 5.95. The predicted molar refractivity (Wildman–Crippen MR) is 89.8 cm³/mol. The Balaban J connectivity index is 1.64. The van der Waals surface area contributed by atoms with E-state index in [1.165, 1.54) is 0 Å². The Morgan fingerprint density at radius 3 is 2.83 bits per heavy atom. The first kappa shape index (κ1) is 16.3. The first-order valence-corrected chi connectivity index (χ1v) is 8.79. The van der Waals surface area contributed by atoms with Crippen molar-refractivity contribution >= 4 is 5.91 Å². The SMILES string of the molecule is CC(C)CN(C(=O)c1cccc(OCC2CCCO2)c1)C1CC1. The summed E-state index contributed by atoms with van der Waals surface area (Å²) in [4.78, 5) is 14.9. The molecule has 23 heavy (non-hydrogen) atoms. The molecule has 4 heteroatoms. The van der Waals surface area contributed by atoms with Crippen molar-refractivity contribution in [2.45, 2.75) is 51.7 Å². The van der Waals surface area contributed by atoms with E-state index in [1.54, 1.807) is 0 Å². The summed E-state index contributed by atoms with van der Waals surface area (Å²) in [6, 6.07) is 8.00. The molecule has 1 aromatic carbocycles. The van der Waals surface area contributed by atoms with Crippen molar-refractivity contribution in [3.05, 3.63) is 29.8 Å². The fourth-order valence-corrected chi connectivity index (χ4v) is 3.03. The molecule has 1 aliphatic heterocycles. The van der Waals surface area contributed by atoms with Gasteiger partial charge in [-0.2, -0.15) is 0 Å². The largest absolute Gasteiger partial charge is 0.491 e. The topological polar surface area (TPSA) is 38.8 Å². The van der Waals surface area contributed by atoms with E-state index in [9.17, 15) is 4.79 Å². The van der Waals surface area contributed by atoms with Crippen LogP contribution in [0.5, 0.6) is 5.75 Å². The molecule has 2 aliphatic rings. The molecule has 1 heterocycles. The average molecular weight is 317 g/mol. The summed E-state index contributed by atoms with van der Waals surface area (Å²) in [5.74, 6) is 1.37. The van der Waals surface area contributed by atoms with Gasteiger partial charge < -0.3 is 14.4 Å². The van der Waals surface area contributed by atoms with Crippen LogP contribution in [-0.2, 0) is 4.74 Å². The lowest BCUT2D eigenvalue weighted by Crippen LogP contribution is -2.36. The number of hydrogen-bond donors (Lipinski definition) is 0. The lowest BCUT2D eigenvalue weighted by atomic mass is 10.1. The van der Waals surface area contributed by atoms with Crippen LogP contribution in [0, 0.1) is 5.92 Å². The zero-order valence-corrected chi connectivity index (χ0v) is 14.2. The van der Waals surface area contributed by atoms with Crippen LogP contribution in [0.4, 0.5) is 0 Å². The summed E-state index contributed by atoms with van der Waals surface area (Å²) < 4.78 is 11.4. The van der Waals surface area contributed by atoms with Gasteiger partial charge in [0.05, 0.1) is 6.10 Å². The van der Waals surface area contributed by atoms with Crippen LogP contribution in [0.1, 0.15) is 49.9 Å². The quantitative estimate of drug-likeness (QED) is 0.772. The molecule has 1 unspecified atom stereocenters. The minimum Gasteiger partial charge on any atom is -0.491 e. The number of carbonyl (C=O) groups is 1. The van der Waals surface area contributed by atoms with Crippen molar-refractivity contribution < 1.29 is 14.3 Å². The van der Waals surface area contributed by atoms with Crippen LogP contribution in [0.2, 0.25) is 0 Å². The van der Waals surface area contributed by atoms with Gasteiger partial charge in [0.2, 0.25) is 0 Å². The fraction of sp³-hybridized carbons (Fsp3) is 0.632. The van der Waals surface area contributed by atoms with Gasteiger partial charge in [0.15, 0.2) is 0 Å². The molecular formula is C19H27NO3. The third-order valence-corrected chi connectivity index (χ3v) is 4.35. The molecule has 1 saturated carbocycles. The number of benzene rings is 1. The number of hydrogen-bond acceptors (Lipinski definition) is 3. The second-order valence-corrected chi connectivity index (χ2v) is 7.06. The summed E-state index contributed by atoms with van der Waals surface area (Å²) in [6.07, 6.45) is 4.63. The smallest absolute Gasteiger partial charge is 0.254 e. The first-order chi connectivity index (χ1) is 11.1. The van der Waals surface area contributed by atoms with E-state index >= 15 is 0 Å². The second kappa shape index (κ2) is 7.35. The van der Waals surface area contributed by atoms with Gasteiger partial charge in [-0.1, -0.05) is 19.9 Å². The van der Waals surface area contributed by atoms with E-state index in [2.05, 4.69) is 13.8 Å². The molecule has 0 spiro atoms. The number of carbonyl (C=O) groups excluding carboxylic acids is 1. The lowest BCUT2D eigenvalue weighted by molar-refractivity contribution is 0.0675. The van der Waals surface area contributed by atoms with Gasteiger partial charge in [-0.15, -0.1) is 0 Å². The van der Waals surface area contributed by atoms with Crippen LogP contribution in [-0.4, -0.2) is 42.7 Å². The molecule has 3 rings (SSSR count). The summed E-state index contributed by atoms with van der Waals surface area (Å²) in [5.41, 5.74) is 0.724. The Morgan fingerprint density at radius 1 is 1.35 bits per heavy atom. The van der Waals surface area contributed by atoms with Crippen LogP contribution < -0.4 is 4.74 Å². The van der Waals surface area contributed by atoms with Crippen molar-refractivity contribution in [2.24, 2.45) is 5.92 Å². The number of ether oxygens (including phenoxy) is 2. The molecule has 1 amide bonds. The first-order valence-electron chi connectivity index (χ1n) is 8.79. The maximum atomic E-state index is 12.8. The van der Waals surface area contributed by atoms with Crippen LogP contribution >= 0.6 is 0 Å². The Morgan fingerprint density at radius 2 is 2.17 bits per heavy atom. The summed E-state index contributed by atoms with van der Waals surface area (Å²) in [7, 11) is 0. The van der Waals surface area contributed by atoms with Gasteiger partial charge in [-0.3, -0.25) is 4.79 Å². The van der Waals surface area contributed by atoms with Crippen molar-refractivity contribution in [3.8, 4) is 5.75 Å². The Kier molecular flexibility index (Phi) is 5.21. The zero-order chi connectivity index (χ0) is 16.2. The predicted octanol–water partition coefficient (Wildman–Crippen LogP) is 3.51. The maximum Gasteiger partial charge on any atom is 0.254 e. The number of rotatable bonds is 7. The molecule has 1 atom stereocenters. The molecular weight excluding hydrogens is 290 g/mol. The van der Waals surface area contributed by atoms with E-state index in [-0.39, 0.29) is 12.0 Å². The highest BCUT2D eigenvalue weighted by Crippen LogP contribution is 2.29. The molecule has 0 N–H and O–H groups in total. The van der Waals surface area contributed by atoms with E-state index in [4.69, 9.17) is 9.47 Å². The molecule has 1 aliphatic carbocycles. The maximum absolute atomic E-state index is 12.8.